The molecule has 4 rings (SSSR count). The maximum Gasteiger partial charge on any atom is 0.352 e. The van der Waals surface area contributed by atoms with Crippen LogP contribution in [0.5, 0.6) is 0 Å². The molecule has 3 atom stereocenters. The van der Waals surface area contributed by atoms with Crippen molar-refractivity contribution in [1.82, 2.24) is 25.3 Å². The highest BCUT2D eigenvalue weighted by Crippen LogP contribution is 2.40. The van der Waals surface area contributed by atoms with Crippen molar-refractivity contribution in [3.8, 4) is 0 Å². The molecule has 37 heavy (non-hydrogen) atoms. The summed E-state index contributed by atoms with van der Waals surface area (Å²) in [7, 11) is 1.56. The fourth-order valence-electron chi connectivity index (χ4n) is 4.20. The fourth-order valence-corrected chi connectivity index (χ4v) is 5.53. The minimum absolute atomic E-state index is 0.166. The Balaban J connectivity index is 1.50. The number of nitrogens with one attached hydrogen (secondary N) is 2. The molecule has 6 amide bonds. The molecule has 0 aromatic heterocycles. The minimum Gasteiger partial charge on any atom is -0.477 e. The van der Waals surface area contributed by atoms with Crippen molar-refractivity contribution >= 4 is 47.6 Å². The number of amides is 6. The summed E-state index contributed by atoms with van der Waals surface area (Å²) in [5, 5.41) is 14.2. The van der Waals surface area contributed by atoms with Crippen molar-refractivity contribution in [2.75, 3.05) is 32.5 Å². The number of likely N-dealkylation sites (N-methyl/N-ethyl adjacent to an activating group) is 1. The second-order valence-corrected chi connectivity index (χ2v) is 9.69. The highest BCUT2D eigenvalue weighted by Gasteiger charge is 2.54. The molecule has 0 saturated carbocycles. The Morgan fingerprint density at radius 3 is 2.46 bits per heavy atom. The number of carboxylic acids is 1. The Morgan fingerprint density at radius 2 is 1.86 bits per heavy atom. The number of benzene rings is 1. The number of nitrogens with zero attached hydrogens (tertiary/aromatic N) is 3. The zero-order valence-corrected chi connectivity index (χ0v) is 20.8. The van der Waals surface area contributed by atoms with Crippen molar-refractivity contribution in [1.29, 1.82) is 0 Å². The molecule has 0 spiro atoms. The van der Waals surface area contributed by atoms with Crippen molar-refractivity contribution in [3.05, 3.63) is 47.2 Å². The van der Waals surface area contributed by atoms with Gasteiger partial charge in [-0.25, -0.2) is 19.3 Å². The third-order valence-corrected chi connectivity index (χ3v) is 7.46. The number of imide groups is 1. The highest BCUT2D eigenvalue weighted by atomic mass is 32.2. The van der Waals surface area contributed by atoms with Crippen molar-refractivity contribution in [2.24, 2.45) is 0 Å². The maximum atomic E-state index is 13.3. The van der Waals surface area contributed by atoms with Gasteiger partial charge in [-0.1, -0.05) is 30.3 Å². The van der Waals surface area contributed by atoms with Gasteiger partial charge < -0.3 is 25.4 Å². The van der Waals surface area contributed by atoms with Gasteiger partial charge in [0.1, 0.15) is 29.8 Å². The van der Waals surface area contributed by atoms with Gasteiger partial charge in [0.2, 0.25) is 5.91 Å². The number of carbonyl (C=O) groups is 6. The first kappa shape index (κ1) is 26.0. The first-order chi connectivity index (χ1) is 17.6. The largest absolute Gasteiger partial charge is 0.477 e. The van der Waals surface area contributed by atoms with Crippen LogP contribution in [0.3, 0.4) is 0 Å². The molecular formula is C23H25N5O8S. The second-order valence-electron chi connectivity index (χ2n) is 8.58. The van der Waals surface area contributed by atoms with Gasteiger partial charge in [-0.05, 0) is 5.56 Å². The monoisotopic (exact) mass is 531 g/mol. The number of ether oxygens (including phenoxy) is 1. The van der Waals surface area contributed by atoms with Gasteiger partial charge in [0.15, 0.2) is 0 Å². The van der Waals surface area contributed by atoms with E-state index in [0.717, 1.165) is 9.80 Å². The van der Waals surface area contributed by atoms with Crippen LogP contribution in [0, 0.1) is 0 Å². The molecule has 13 nitrogen and oxygen atoms in total. The SMILES string of the molecule is CC(=O)OCC1=C(C(=O)O)N2C(=O)C(NC(=O)[C@H](NC(=O)N3CCN(C)C3=O)c3ccccc3)[C@H]2SC1. The van der Waals surface area contributed by atoms with E-state index in [1.807, 2.05) is 0 Å². The summed E-state index contributed by atoms with van der Waals surface area (Å²) in [6.45, 7) is 1.46. The molecule has 3 aliphatic rings. The van der Waals surface area contributed by atoms with E-state index in [9.17, 15) is 33.9 Å². The Kier molecular flexibility index (Phi) is 7.38. The number of hydrogen-bond acceptors (Lipinski definition) is 8. The van der Waals surface area contributed by atoms with E-state index < -0.39 is 53.3 Å². The van der Waals surface area contributed by atoms with Gasteiger partial charge in [0, 0.05) is 38.4 Å². The number of esters is 1. The highest BCUT2D eigenvalue weighted by molar-refractivity contribution is 8.00. The van der Waals surface area contributed by atoms with E-state index in [-0.39, 0.29) is 30.2 Å². The molecule has 3 N–H and O–H groups in total. The standard InChI is InChI=1S/C23H25N5O8S/c1-12(29)36-10-14-11-37-20-16(19(31)28(20)17(14)21(32)33)24-18(30)15(13-6-4-3-5-7-13)25-22(34)27-9-8-26(2)23(27)35/h3-7,15-16,20H,8-11H2,1-2H3,(H,24,30)(H,25,34)(H,32,33)/t15-,16?,20-/m1/s1. The fraction of sp³-hybridized carbons (Fsp3) is 0.391. The number of hydrogen-bond donors (Lipinski definition) is 3. The Labute approximate surface area is 215 Å². The Hall–Kier alpha value is -4.07. The second kappa shape index (κ2) is 10.5. The third-order valence-electron chi connectivity index (χ3n) is 6.12. The third kappa shape index (κ3) is 5.09. The number of thioether (sulfide) groups is 1. The van der Waals surface area contributed by atoms with Crippen LogP contribution in [0.1, 0.15) is 18.5 Å². The number of aliphatic carboxylic acids is 1. The summed E-state index contributed by atoms with van der Waals surface area (Å²) < 4.78 is 4.92. The summed E-state index contributed by atoms with van der Waals surface area (Å²) >= 11 is 1.22. The molecule has 1 aromatic rings. The zero-order valence-electron chi connectivity index (χ0n) is 20.0. The van der Waals surface area contributed by atoms with Crippen LogP contribution in [-0.2, 0) is 23.9 Å². The summed E-state index contributed by atoms with van der Waals surface area (Å²) in [6, 6.07) is 4.85. The predicted molar refractivity (Wildman–Crippen MR) is 129 cm³/mol. The quantitative estimate of drug-likeness (QED) is 0.327. The van der Waals surface area contributed by atoms with E-state index in [1.165, 1.54) is 23.6 Å². The van der Waals surface area contributed by atoms with Crippen LogP contribution in [0.2, 0.25) is 0 Å². The topological polar surface area (TPSA) is 166 Å². The van der Waals surface area contributed by atoms with Gasteiger partial charge in [0.25, 0.3) is 5.91 Å². The number of β-lactam (4-membered cyclic amide) rings is 1. The molecule has 2 saturated heterocycles. The van der Waals surface area contributed by atoms with Gasteiger partial charge in [-0.3, -0.25) is 19.3 Å². The van der Waals surface area contributed by atoms with Gasteiger partial charge in [-0.15, -0.1) is 11.8 Å². The molecule has 0 radical (unpaired) electrons. The van der Waals surface area contributed by atoms with E-state index in [0.29, 0.717) is 12.1 Å². The average molecular weight is 532 g/mol. The van der Waals surface area contributed by atoms with Crippen LogP contribution in [0.4, 0.5) is 9.59 Å². The average Bonchev–Trinajstić information content (AvgIpc) is 3.21. The first-order valence-corrected chi connectivity index (χ1v) is 12.4. The number of rotatable bonds is 7. The number of carboxylic acid groups (broad SMARTS) is 1. The molecule has 3 heterocycles. The molecule has 0 bridgehead atoms. The minimum atomic E-state index is -1.35. The van der Waals surface area contributed by atoms with Crippen LogP contribution < -0.4 is 10.6 Å². The smallest absolute Gasteiger partial charge is 0.352 e. The molecule has 0 aliphatic carbocycles. The van der Waals surface area contributed by atoms with Crippen molar-refractivity contribution in [3.63, 3.8) is 0 Å². The van der Waals surface area contributed by atoms with Crippen LogP contribution in [0.15, 0.2) is 41.6 Å². The lowest BCUT2D eigenvalue weighted by atomic mass is 10.0. The van der Waals surface area contributed by atoms with Gasteiger partial charge >= 0.3 is 24.0 Å². The van der Waals surface area contributed by atoms with Crippen LogP contribution >= 0.6 is 11.8 Å². The maximum absolute atomic E-state index is 13.3. The first-order valence-electron chi connectivity index (χ1n) is 11.3. The van der Waals surface area contributed by atoms with E-state index in [2.05, 4.69) is 10.6 Å². The van der Waals surface area contributed by atoms with Crippen molar-refractivity contribution < 1.29 is 38.6 Å². The van der Waals surface area contributed by atoms with Crippen molar-refractivity contribution in [2.45, 2.75) is 24.4 Å². The lowest BCUT2D eigenvalue weighted by Gasteiger charge is -2.49. The van der Waals surface area contributed by atoms with Crippen LogP contribution in [0.25, 0.3) is 0 Å². The lowest BCUT2D eigenvalue weighted by molar-refractivity contribution is -0.151. The Morgan fingerprint density at radius 1 is 1.16 bits per heavy atom. The summed E-state index contributed by atoms with van der Waals surface area (Å²) in [5.41, 5.74) is 0.435. The Bertz CT molecular complexity index is 1190. The predicted octanol–water partition coefficient (Wildman–Crippen LogP) is 0.106. The molecule has 14 heteroatoms. The van der Waals surface area contributed by atoms with E-state index >= 15 is 0 Å². The van der Waals surface area contributed by atoms with Crippen LogP contribution in [-0.4, -0.2) is 99.5 Å². The van der Waals surface area contributed by atoms with Gasteiger partial charge in [0.05, 0.1) is 0 Å². The van der Waals surface area contributed by atoms with E-state index in [1.54, 1.807) is 37.4 Å². The summed E-state index contributed by atoms with van der Waals surface area (Å²) in [4.78, 5) is 77.8. The molecule has 2 fully saturated rings. The number of fused-ring (bicyclic) bond motifs is 1. The molecule has 1 unspecified atom stereocenters. The normalized spacial score (nSPS) is 21.7. The number of urea groups is 2. The summed E-state index contributed by atoms with van der Waals surface area (Å²) in [6.07, 6.45) is 0. The zero-order chi connectivity index (χ0) is 26.9. The van der Waals surface area contributed by atoms with Gasteiger partial charge in [-0.2, -0.15) is 0 Å². The summed E-state index contributed by atoms with van der Waals surface area (Å²) in [5.74, 6) is -3.08. The number of carbonyl (C=O) groups excluding carboxylic acids is 5. The molecule has 196 valence electrons. The van der Waals surface area contributed by atoms with E-state index in [4.69, 9.17) is 4.74 Å². The lowest BCUT2D eigenvalue weighted by Crippen LogP contribution is -2.71. The molecule has 1 aromatic carbocycles. The molecule has 3 aliphatic heterocycles. The molecular weight excluding hydrogens is 506 g/mol.